The minimum absolute atomic E-state index is 0.164. The summed E-state index contributed by atoms with van der Waals surface area (Å²) < 4.78 is 0. The predicted octanol–water partition coefficient (Wildman–Crippen LogP) is -1.53. The van der Waals surface area contributed by atoms with Crippen molar-refractivity contribution in [2.24, 2.45) is 5.92 Å². The molecule has 4 heteroatoms. The van der Waals surface area contributed by atoms with Crippen LogP contribution in [0.1, 0.15) is 13.3 Å². The minimum Gasteiger partial charge on any atom is -0.390 e. The fraction of sp³-hybridized carbons (Fsp3) is 1.00. The van der Waals surface area contributed by atoms with E-state index in [1.54, 1.807) is 6.92 Å². The van der Waals surface area contributed by atoms with Gasteiger partial charge in [-0.15, -0.1) is 0 Å². The van der Waals surface area contributed by atoms with E-state index in [1.807, 2.05) is 0 Å². The van der Waals surface area contributed by atoms with Gasteiger partial charge in [0, 0.05) is 0 Å². The molecule has 66 valence electrons. The maximum Gasteiger partial charge on any atom is 0.108 e. The van der Waals surface area contributed by atoms with Crippen LogP contribution in [-0.2, 0) is 0 Å². The second-order valence-electron chi connectivity index (χ2n) is 3.25. The molecule has 0 aromatic carbocycles. The first-order valence-corrected chi connectivity index (χ1v) is 3.76. The lowest BCUT2D eigenvalue weighted by atomic mass is 9.82. The molecule has 0 aromatic heterocycles. The second-order valence-corrected chi connectivity index (χ2v) is 3.25. The van der Waals surface area contributed by atoms with E-state index in [0.29, 0.717) is 6.42 Å². The molecule has 1 saturated carbocycles. The lowest BCUT2D eigenvalue weighted by Crippen LogP contribution is -2.52. The average molecular weight is 162 g/mol. The molecule has 4 nitrogen and oxygen atoms in total. The van der Waals surface area contributed by atoms with Crippen LogP contribution in [0.15, 0.2) is 0 Å². The Morgan fingerprint density at radius 1 is 0.909 bits per heavy atom. The van der Waals surface area contributed by atoms with Gasteiger partial charge in [0.2, 0.25) is 0 Å². The molecule has 0 aliphatic heterocycles. The van der Waals surface area contributed by atoms with Crippen molar-refractivity contribution in [1.29, 1.82) is 0 Å². The summed E-state index contributed by atoms with van der Waals surface area (Å²) in [6.07, 6.45) is -3.92. The molecule has 0 radical (unpaired) electrons. The summed E-state index contributed by atoms with van der Waals surface area (Å²) in [5, 5.41) is 36.5. The third-order valence-corrected chi connectivity index (χ3v) is 2.29. The quantitative estimate of drug-likeness (QED) is 0.348. The fourth-order valence-electron chi connectivity index (χ4n) is 1.43. The van der Waals surface area contributed by atoms with E-state index in [1.165, 1.54) is 0 Å². The Labute approximate surface area is 65.1 Å². The molecule has 11 heavy (non-hydrogen) atoms. The number of hydrogen-bond donors (Lipinski definition) is 4. The van der Waals surface area contributed by atoms with Crippen LogP contribution in [0.2, 0.25) is 0 Å². The molecule has 1 fully saturated rings. The summed E-state index contributed by atoms with van der Waals surface area (Å²) >= 11 is 0. The van der Waals surface area contributed by atoms with Crippen LogP contribution in [-0.4, -0.2) is 44.8 Å². The largest absolute Gasteiger partial charge is 0.390 e. The van der Waals surface area contributed by atoms with Crippen LogP contribution < -0.4 is 0 Å². The molecular formula is C7H14O4. The number of rotatable bonds is 0. The Balaban J connectivity index is 2.63. The van der Waals surface area contributed by atoms with Crippen LogP contribution in [0.4, 0.5) is 0 Å². The topological polar surface area (TPSA) is 80.9 Å². The molecular weight excluding hydrogens is 148 g/mol. The summed E-state index contributed by atoms with van der Waals surface area (Å²) in [6.45, 7) is 1.73. The monoisotopic (exact) mass is 162 g/mol. The highest BCUT2D eigenvalue weighted by Crippen LogP contribution is 2.24. The van der Waals surface area contributed by atoms with Gasteiger partial charge in [0.05, 0.1) is 12.2 Å². The predicted molar refractivity (Wildman–Crippen MR) is 37.8 cm³/mol. The highest BCUT2D eigenvalue weighted by atomic mass is 16.4. The first-order chi connectivity index (χ1) is 5.04. The standard InChI is InChI=1S/C7H14O4/c1-3-2-4(8)6(10)7(11)5(3)9/h3-11H,2H2,1H3/t3-,4+,5-,6-,7+/m0/s1. The van der Waals surface area contributed by atoms with Crippen molar-refractivity contribution in [3.8, 4) is 0 Å². The van der Waals surface area contributed by atoms with Crippen molar-refractivity contribution in [2.45, 2.75) is 37.8 Å². The van der Waals surface area contributed by atoms with Gasteiger partial charge in [-0.05, 0) is 12.3 Å². The highest BCUT2D eigenvalue weighted by molar-refractivity contribution is 4.90. The highest BCUT2D eigenvalue weighted by Gasteiger charge is 2.39. The molecule has 4 N–H and O–H groups in total. The van der Waals surface area contributed by atoms with Crippen molar-refractivity contribution in [3.05, 3.63) is 0 Å². The van der Waals surface area contributed by atoms with Crippen molar-refractivity contribution >= 4 is 0 Å². The Hall–Kier alpha value is -0.160. The summed E-state index contributed by atoms with van der Waals surface area (Å²) in [5.41, 5.74) is 0. The number of aliphatic hydroxyl groups excluding tert-OH is 4. The molecule has 0 bridgehead atoms. The maximum atomic E-state index is 9.21. The Kier molecular flexibility index (Phi) is 2.49. The van der Waals surface area contributed by atoms with Gasteiger partial charge in [0.1, 0.15) is 12.2 Å². The molecule has 0 saturated heterocycles. The van der Waals surface area contributed by atoms with Gasteiger partial charge in [0.25, 0.3) is 0 Å². The Morgan fingerprint density at radius 3 is 2.00 bits per heavy atom. The van der Waals surface area contributed by atoms with E-state index < -0.39 is 24.4 Å². The van der Waals surface area contributed by atoms with Crippen LogP contribution in [0, 0.1) is 5.92 Å². The molecule has 5 atom stereocenters. The molecule has 0 unspecified atom stereocenters. The Morgan fingerprint density at radius 2 is 1.45 bits per heavy atom. The second kappa shape index (κ2) is 3.06. The van der Waals surface area contributed by atoms with Gasteiger partial charge in [0.15, 0.2) is 0 Å². The molecule has 0 heterocycles. The van der Waals surface area contributed by atoms with E-state index >= 15 is 0 Å². The SMILES string of the molecule is C[C@H]1C[C@@H](O)[C@H](O)[C@H](O)[C@H]1O. The summed E-state index contributed by atoms with van der Waals surface area (Å²) in [5.74, 6) is -0.164. The summed E-state index contributed by atoms with van der Waals surface area (Å²) in [4.78, 5) is 0. The number of aliphatic hydroxyl groups is 4. The lowest BCUT2D eigenvalue weighted by Gasteiger charge is -2.36. The minimum atomic E-state index is -1.21. The zero-order valence-corrected chi connectivity index (χ0v) is 6.38. The molecule has 0 amide bonds. The zero-order chi connectivity index (χ0) is 8.59. The van der Waals surface area contributed by atoms with E-state index in [4.69, 9.17) is 15.3 Å². The molecule has 0 aromatic rings. The van der Waals surface area contributed by atoms with Crippen molar-refractivity contribution in [3.63, 3.8) is 0 Å². The average Bonchev–Trinajstić information content (AvgIpc) is 1.97. The van der Waals surface area contributed by atoms with Gasteiger partial charge in [-0.1, -0.05) is 6.92 Å². The van der Waals surface area contributed by atoms with Gasteiger partial charge < -0.3 is 20.4 Å². The van der Waals surface area contributed by atoms with Gasteiger partial charge in [-0.25, -0.2) is 0 Å². The molecule has 1 aliphatic rings. The first-order valence-electron chi connectivity index (χ1n) is 3.76. The van der Waals surface area contributed by atoms with Crippen LogP contribution in [0.25, 0.3) is 0 Å². The van der Waals surface area contributed by atoms with E-state index in [0.717, 1.165) is 0 Å². The Bertz CT molecular complexity index is 124. The lowest BCUT2D eigenvalue weighted by molar-refractivity contribution is -0.154. The molecule has 1 aliphatic carbocycles. The maximum absolute atomic E-state index is 9.21. The van der Waals surface area contributed by atoms with Crippen molar-refractivity contribution < 1.29 is 20.4 Å². The van der Waals surface area contributed by atoms with E-state index in [9.17, 15) is 5.11 Å². The smallest absolute Gasteiger partial charge is 0.108 e. The fourth-order valence-corrected chi connectivity index (χ4v) is 1.43. The van der Waals surface area contributed by atoms with Gasteiger partial charge >= 0.3 is 0 Å². The van der Waals surface area contributed by atoms with Crippen LogP contribution in [0.3, 0.4) is 0 Å². The van der Waals surface area contributed by atoms with E-state index in [-0.39, 0.29) is 5.92 Å². The van der Waals surface area contributed by atoms with Crippen molar-refractivity contribution in [1.82, 2.24) is 0 Å². The normalized spacial score (nSPS) is 52.6. The third kappa shape index (κ3) is 1.54. The van der Waals surface area contributed by atoms with Gasteiger partial charge in [-0.3, -0.25) is 0 Å². The third-order valence-electron chi connectivity index (χ3n) is 2.29. The summed E-state index contributed by atoms with van der Waals surface area (Å²) in [7, 11) is 0. The number of hydrogen-bond acceptors (Lipinski definition) is 4. The first kappa shape index (κ1) is 8.93. The van der Waals surface area contributed by atoms with Crippen LogP contribution >= 0.6 is 0 Å². The molecule has 1 rings (SSSR count). The van der Waals surface area contributed by atoms with Crippen molar-refractivity contribution in [2.75, 3.05) is 0 Å². The van der Waals surface area contributed by atoms with Crippen LogP contribution in [0.5, 0.6) is 0 Å². The van der Waals surface area contributed by atoms with E-state index in [2.05, 4.69) is 0 Å². The molecule has 0 spiro atoms. The zero-order valence-electron chi connectivity index (χ0n) is 6.38. The van der Waals surface area contributed by atoms with Gasteiger partial charge in [-0.2, -0.15) is 0 Å². The summed E-state index contributed by atoms with van der Waals surface area (Å²) in [6, 6.07) is 0.